The van der Waals surface area contributed by atoms with E-state index in [9.17, 15) is 9.90 Å². The Bertz CT molecular complexity index is 468. The van der Waals surface area contributed by atoms with Gasteiger partial charge in [0.15, 0.2) is 0 Å². The van der Waals surface area contributed by atoms with Crippen LogP contribution < -0.4 is 5.43 Å². The van der Waals surface area contributed by atoms with Crippen LogP contribution in [0.1, 0.15) is 32.3 Å². The number of benzene rings is 1. The van der Waals surface area contributed by atoms with Gasteiger partial charge in [0.1, 0.15) is 0 Å². The summed E-state index contributed by atoms with van der Waals surface area (Å²) >= 11 is 0. The molecule has 2 N–H and O–H groups in total. The van der Waals surface area contributed by atoms with Crippen molar-refractivity contribution in [1.29, 1.82) is 0 Å². The van der Waals surface area contributed by atoms with E-state index in [-0.39, 0.29) is 12.0 Å². The highest BCUT2D eigenvalue weighted by Crippen LogP contribution is 2.18. The van der Waals surface area contributed by atoms with Crippen LogP contribution in [-0.4, -0.2) is 41.8 Å². The van der Waals surface area contributed by atoms with Gasteiger partial charge in [-0.1, -0.05) is 30.3 Å². The van der Waals surface area contributed by atoms with Crippen molar-refractivity contribution in [3.63, 3.8) is 0 Å². The number of hydrogen-bond acceptors (Lipinski definition) is 4. The lowest BCUT2D eigenvalue weighted by Gasteiger charge is -2.33. The molecule has 0 saturated carbocycles. The summed E-state index contributed by atoms with van der Waals surface area (Å²) in [4.78, 5) is 12.4. The zero-order valence-corrected chi connectivity index (χ0v) is 13.4. The van der Waals surface area contributed by atoms with Gasteiger partial charge in [0.25, 0.3) is 0 Å². The minimum Gasteiger partial charge on any atom is -0.393 e. The fourth-order valence-electron chi connectivity index (χ4n) is 2.34. The standard InChI is InChI=1S/C17H26N2O3/c1-17(2,13-22-12-14-6-4-3-5-7-14)16(21)18-19-10-8-15(20)9-11-19/h3-7,15,20H,8-13H2,1-2H3,(H,18,21). The Balaban J connectivity index is 1.75. The third kappa shape index (κ3) is 5.09. The van der Waals surface area contributed by atoms with Crippen LogP contribution in [0.2, 0.25) is 0 Å². The smallest absolute Gasteiger partial charge is 0.242 e. The summed E-state index contributed by atoms with van der Waals surface area (Å²) in [5.74, 6) is -0.0445. The minimum atomic E-state index is -0.592. The molecule has 5 heteroatoms. The number of hydrazine groups is 1. The second-order valence-electron chi connectivity index (χ2n) is 6.52. The molecule has 22 heavy (non-hydrogen) atoms. The van der Waals surface area contributed by atoms with Crippen LogP contribution >= 0.6 is 0 Å². The van der Waals surface area contributed by atoms with E-state index in [2.05, 4.69) is 5.43 Å². The van der Waals surface area contributed by atoms with Crippen molar-refractivity contribution in [2.75, 3.05) is 19.7 Å². The Morgan fingerprint density at radius 3 is 2.59 bits per heavy atom. The molecule has 1 saturated heterocycles. The number of amides is 1. The molecular formula is C17H26N2O3. The number of carbonyl (C=O) groups is 1. The van der Waals surface area contributed by atoms with Gasteiger partial charge in [0, 0.05) is 13.1 Å². The quantitative estimate of drug-likeness (QED) is 0.840. The first kappa shape index (κ1) is 16.9. The fraction of sp³-hybridized carbons (Fsp3) is 0.588. The van der Waals surface area contributed by atoms with Crippen molar-refractivity contribution in [1.82, 2.24) is 10.4 Å². The summed E-state index contributed by atoms with van der Waals surface area (Å²) in [5.41, 5.74) is 3.44. The van der Waals surface area contributed by atoms with Crippen molar-refractivity contribution in [2.45, 2.75) is 39.4 Å². The molecule has 5 nitrogen and oxygen atoms in total. The summed E-state index contributed by atoms with van der Waals surface area (Å²) in [6.07, 6.45) is 1.16. The molecule has 0 atom stereocenters. The fourth-order valence-corrected chi connectivity index (χ4v) is 2.34. The number of piperidine rings is 1. The number of hydrogen-bond donors (Lipinski definition) is 2. The number of rotatable bonds is 6. The molecule has 1 amide bonds. The predicted molar refractivity (Wildman–Crippen MR) is 84.8 cm³/mol. The van der Waals surface area contributed by atoms with Gasteiger partial charge in [-0.3, -0.25) is 10.2 Å². The van der Waals surface area contributed by atoms with Crippen LogP contribution in [0.15, 0.2) is 30.3 Å². The SMILES string of the molecule is CC(C)(COCc1ccccc1)C(=O)NN1CCC(O)CC1. The molecular weight excluding hydrogens is 280 g/mol. The molecule has 1 fully saturated rings. The molecule has 1 aliphatic heterocycles. The molecule has 1 aromatic rings. The lowest BCUT2D eigenvalue weighted by atomic mass is 9.94. The third-order valence-electron chi connectivity index (χ3n) is 3.91. The van der Waals surface area contributed by atoms with Gasteiger partial charge < -0.3 is 9.84 Å². The molecule has 1 heterocycles. The number of nitrogens with one attached hydrogen (secondary N) is 1. The molecule has 0 aliphatic carbocycles. The molecule has 2 rings (SSSR count). The molecule has 0 bridgehead atoms. The summed E-state index contributed by atoms with van der Waals surface area (Å²) in [5, 5.41) is 11.4. The van der Waals surface area contributed by atoms with Gasteiger partial charge in [0.2, 0.25) is 5.91 Å². The number of aliphatic hydroxyl groups is 1. The van der Waals surface area contributed by atoms with E-state index >= 15 is 0 Å². The van der Waals surface area contributed by atoms with Gasteiger partial charge in [-0.05, 0) is 32.3 Å². The molecule has 0 unspecified atom stereocenters. The number of nitrogens with zero attached hydrogens (tertiary/aromatic N) is 1. The average Bonchev–Trinajstić information content (AvgIpc) is 2.50. The minimum absolute atomic E-state index is 0.0445. The normalized spacial score (nSPS) is 17.4. The molecule has 1 aromatic carbocycles. The van der Waals surface area contributed by atoms with E-state index in [4.69, 9.17) is 4.74 Å². The lowest BCUT2D eigenvalue weighted by molar-refractivity contribution is -0.139. The summed E-state index contributed by atoms with van der Waals surface area (Å²) in [6.45, 7) is 6.01. The zero-order valence-electron chi connectivity index (χ0n) is 13.4. The lowest BCUT2D eigenvalue weighted by Crippen LogP contribution is -2.52. The van der Waals surface area contributed by atoms with E-state index in [1.807, 2.05) is 49.2 Å². The van der Waals surface area contributed by atoms with Gasteiger partial charge in [-0.2, -0.15) is 0 Å². The number of aliphatic hydroxyl groups excluding tert-OH is 1. The van der Waals surface area contributed by atoms with Crippen molar-refractivity contribution < 1.29 is 14.6 Å². The Morgan fingerprint density at radius 2 is 1.95 bits per heavy atom. The maximum absolute atomic E-state index is 12.4. The number of carbonyl (C=O) groups excluding carboxylic acids is 1. The van der Waals surface area contributed by atoms with E-state index < -0.39 is 5.41 Å². The van der Waals surface area contributed by atoms with E-state index in [1.165, 1.54) is 0 Å². The van der Waals surface area contributed by atoms with Crippen molar-refractivity contribution in [2.24, 2.45) is 5.41 Å². The van der Waals surface area contributed by atoms with Crippen LogP contribution in [0, 0.1) is 5.41 Å². The Hall–Kier alpha value is -1.43. The highest BCUT2D eigenvalue weighted by atomic mass is 16.5. The summed E-state index contributed by atoms with van der Waals surface area (Å²) in [7, 11) is 0. The van der Waals surface area contributed by atoms with Gasteiger partial charge in [0.05, 0.1) is 24.7 Å². The van der Waals surface area contributed by atoms with Gasteiger partial charge in [-0.25, -0.2) is 5.01 Å². The van der Waals surface area contributed by atoms with Crippen LogP contribution in [0.4, 0.5) is 0 Å². The molecule has 0 aromatic heterocycles. The Kier molecular flexibility index (Phi) is 5.94. The maximum atomic E-state index is 12.4. The topological polar surface area (TPSA) is 61.8 Å². The van der Waals surface area contributed by atoms with E-state index in [0.29, 0.717) is 39.1 Å². The molecule has 122 valence electrons. The monoisotopic (exact) mass is 306 g/mol. The van der Waals surface area contributed by atoms with Gasteiger partial charge >= 0.3 is 0 Å². The van der Waals surface area contributed by atoms with Crippen LogP contribution in [0.25, 0.3) is 0 Å². The van der Waals surface area contributed by atoms with E-state index in [1.54, 1.807) is 0 Å². The first-order valence-electron chi connectivity index (χ1n) is 7.83. The third-order valence-corrected chi connectivity index (χ3v) is 3.91. The average molecular weight is 306 g/mol. The largest absolute Gasteiger partial charge is 0.393 e. The second-order valence-corrected chi connectivity index (χ2v) is 6.52. The highest BCUT2D eigenvalue weighted by Gasteiger charge is 2.30. The van der Waals surface area contributed by atoms with E-state index in [0.717, 1.165) is 5.56 Å². The van der Waals surface area contributed by atoms with Crippen molar-refractivity contribution >= 4 is 5.91 Å². The Morgan fingerprint density at radius 1 is 1.32 bits per heavy atom. The summed E-state index contributed by atoms with van der Waals surface area (Å²) < 4.78 is 5.69. The predicted octanol–water partition coefficient (Wildman–Crippen LogP) is 1.72. The van der Waals surface area contributed by atoms with Crippen molar-refractivity contribution in [3.05, 3.63) is 35.9 Å². The van der Waals surface area contributed by atoms with Crippen molar-refractivity contribution in [3.8, 4) is 0 Å². The first-order chi connectivity index (χ1) is 10.5. The molecule has 0 spiro atoms. The summed E-state index contributed by atoms with van der Waals surface area (Å²) in [6, 6.07) is 9.93. The first-order valence-corrected chi connectivity index (χ1v) is 7.83. The van der Waals surface area contributed by atoms with Crippen LogP contribution in [0.3, 0.4) is 0 Å². The molecule has 1 aliphatic rings. The highest BCUT2D eigenvalue weighted by molar-refractivity contribution is 5.81. The van der Waals surface area contributed by atoms with Gasteiger partial charge in [-0.15, -0.1) is 0 Å². The van der Waals surface area contributed by atoms with Crippen LogP contribution in [-0.2, 0) is 16.1 Å². The Labute approximate surface area is 132 Å². The van der Waals surface area contributed by atoms with Crippen LogP contribution in [0.5, 0.6) is 0 Å². The zero-order chi connectivity index (χ0) is 16.0. The maximum Gasteiger partial charge on any atom is 0.242 e. The second kappa shape index (κ2) is 7.72. The molecule has 0 radical (unpaired) electrons. The number of ether oxygens (including phenoxy) is 1.